The van der Waals surface area contributed by atoms with Crippen LogP contribution in [0.2, 0.25) is 0 Å². The number of hydrogen-bond acceptors (Lipinski definition) is 6. The normalized spacial score (nSPS) is 16.9. The Morgan fingerprint density at radius 2 is 2.03 bits per heavy atom. The number of hydrogen-bond donors (Lipinski definition) is 1. The third kappa shape index (κ3) is 4.52. The zero-order valence-electron chi connectivity index (χ0n) is 19.0. The fraction of sp³-hybridized carbons (Fsp3) is 0.435. The van der Waals surface area contributed by atoms with Gasteiger partial charge in [-0.2, -0.15) is 13.2 Å². The third-order valence-electron chi connectivity index (χ3n) is 5.87. The number of piperidine rings is 1. The SMILES string of the molecule is CCOCOc1cc(C(F)(F)F)cc(C)c1-c1ccc2c(O)n([C@@H]3CCC(=O)N(C)C3)nc2n1. The van der Waals surface area contributed by atoms with Gasteiger partial charge in [0.25, 0.3) is 0 Å². The smallest absolute Gasteiger partial charge is 0.416 e. The van der Waals surface area contributed by atoms with Crippen LogP contribution in [-0.4, -0.2) is 57.7 Å². The lowest BCUT2D eigenvalue weighted by Crippen LogP contribution is -2.38. The van der Waals surface area contributed by atoms with Crippen LogP contribution in [0.3, 0.4) is 0 Å². The number of nitrogens with zero attached hydrogens (tertiary/aromatic N) is 4. The van der Waals surface area contributed by atoms with Gasteiger partial charge in [0.1, 0.15) is 5.75 Å². The van der Waals surface area contributed by atoms with E-state index in [1.807, 2.05) is 0 Å². The molecular formula is C23H25F3N4O4. The van der Waals surface area contributed by atoms with Crippen LogP contribution in [0.4, 0.5) is 13.2 Å². The van der Waals surface area contributed by atoms with E-state index >= 15 is 0 Å². The van der Waals surface area contributed by atoms with Crippen LogP contribution in [0.1, 0.15) is 36.9 Å². The van der Waals surface area contributed by atoms with Gasteiger partial charge in [-0.1, -0.05) is 0 Å². The Kier molecular flexibility index (Phi) is 6.39. The minimum Gasteiger partial charge on any atom is -0.493 e. The largest absolute Gasteiger partial charge is 0.493 e. The van der Waals surface area contributed by atoms with E-state index in [4.69, 9.17) is 9.47 Å². The molecule has 3 aromatic rings. The van der Waals surface area contributed by atoms with E-state index in [2.05, 4.69) is 10.1 Å². The Bertz CT molecular complexity index is 1230. The molecule has 0 saturated carbocycles. The lowest BCUT2D eigenvalue weighted by atomic mass is 10.00. The second-order valence-electron chi connectivity index (χ2n) is 8.22. The maximum atomic E-state index is 13.4. The van der Waals surface area contributed by atoms with Crippen molar-refractivity contribution in [3.8, 4) is 22.9 Å². The molecule has 0 bridgehead atoms. The number of benzene rings is 1. The van der Waals surface area contributed by atoms with Gasteiger partial charge in [0.05, 0.1) is 22.7 Å². The van der Waals surface area contributed by atoms with Gasteiger partial charge < -0.3 is 19.5 Å². The molecule has 0 spiro atoms. The van der Waals surface area contributed by atoms with Crippen molar-refractivity contribution < 1.29 is 32.5 Å². The van der Waals surface area contributed by atoms with E-state index in [1.165, 1.54) is 4.68 Å². The number of aromatic hydroxyl groups is 1. The molecule has 182 valence electrons. The molecule has 11 heteroatoms. The second kappa shape index (κ2) is 9.13. The van der Waals surface area contributed by atoms with Crippen LogP contribution in [-0.2, 0) is 15.7 Å². The predicted molar refractivity (Wildman–Crippen MR) is 117 cm³/mol. The molecule has 1 fully saturated rings. The highest BCUT2D eigenvalue weighted by atomic mass is 19.4. The van der Waals surface area contributed by atoms with Crippen LogP contribution in [0.15, 0.2) is 24.3 Å². The Hall–Kier alpha value is -3.34. The van der Waals surface area contributed by atoms with Crippen molar-refractivity contribution in [3.63, 3.8) is 0 Å². The standard InChI is InChI=1S/C23H25F3N4O4/c1-4-33-12-34-18-10-14(23(24,25)26)9-13(2)20(18)17-7-6-16-21(27-17)28-30(22(16)32)15-5-8-19(31)29(3)11-15/h6-7,9-10,15,32H,4-5,8,11-12H2,1-3H3/t15-/m1/s1. The molecule has 0 aliphatic carbocycles. The summed E-state index contributed by atoms with van der Waals surface area (Å²) >= 11 is 0. The minimum atomic E-state index is -4.54. The number of alkyl halides is 3. The molecule has 0 radical (unpaired) electrons. The monoisotopic (exact) mass is 478 g/mol. The lowest BCUT2D eigenvalue weighted by molar-refractivity contribution is -0.137. The molecule has 1 saturated heterocycles. The molecule has 1 amide bonds. The number of carbonyl (C=O) groups is 1. The number of aromatic nitrogens is 3. The highest BCUT2D eigenvalue weighted by molar-refractivity contribution is 5.85. The van der Waals surface area contributed by atoms with Crippen molar-refractivity contribution in [2.75, 3.05) is 27.0 Å². The summed E-state index contributed by atoms with van der Waals surface area (Å²) in [6.45, 7) is 3.83. The van der Waals surface area contributed by atoms with Crippen molar-refractivity contribution in [1.82, 2.24) is 19.7 Å². The molecule has 2 aromatic heterocycles. The van der Waals surface area contributed by atoms with Gasteiger partial charge in [0.15, 0.2) is 12.4 Å². The fourth-order valence-electron chi connectivity index (χ4n) is 4.10. The predicted octanol–water partition coefficient (Wildman–Crippen LogP) is 4.30. The van der Waals surface area contributed by atoms with Crippen LogP contribution in [0.25, 0.3) is 22.3 Å². The van der Waals surface area contributed by atoms with Gasteiger partial charge in [-0.05, 0) is 50.1 Å². The van der Waals surface area contributed by atoms with E-state index in [0.717, 1.165) is 12.1 Å². The summed E-state index contributed by atoms with van der Waals surface area (Å²) in [5, 5.41) is 15.6. The number of ether oxygens (including phenoxy) is 2. The van der Waals surface area contributed by atoms with Gasteiger partial charge >= 0.3 is 6.18 Å². The van der Waals surface area contributed by atoms with Gasteiger partial charge in [-0.25, -0.2) is 9.67 Å². The second-order valence-corrected chi connectivity index (χ2v) is 8.22. The van der Waals surface area contributed by atoms with E-state index in [1.54, 1.807) is 37.9 Å². The lowest BCUT2D eigenvalue weighted by Gasteiger charge is -2.29. The number of pyridine rings is 1. The maximum absolute atomic E-state index is 13.4. The summed E-state index contributed by atoms with van der Waals surface area (Å²) in [6.07, 6.45) is -3.66. The molecule has 8 nitrogen and oxygen atoms in total. The first kappa shape index (κ1) is 23.8. The Morgan fingerprint density at radius 3 is 2.71 bits per heavy atom. The summed E-state index contributed by atoms with van der Waals surface area (Å²) in [6, 6.07) is 4.99. The van der Waals surface area contributed by atoms with E-state index in [0.29, 0.717) is 48.2 Å². The van der Waals surface area contributed by atoms with E-state index in [9.17, 15) is 23.1 Å². The van der Waals surface area contributed by atoms with Crippen LogP contribution < -0.4 is 4.74 Å². The summed E-state index contributed by atoms with van der Waals surface area (Å²) in [4.78, 5) is 17.9. The van der Waals surface area contributed by atoms with Gasteiger partial charge in [0.2, 0.25) is 11.8 Å². The first-order valence-electron chi connectivity index (χ1n) is 10.8. The summed E-state index contributed by atoms with van der Waals surface area (Å²) in [5.41, 5.74) is 0.463. The summed E-state index contributed by atoms with van der Waals surface area (Å²) < 4.78 is 52.3. The number of amides is 1. The molecule has 1 N–H and O–H groups in total. The summed E-state index contributed by atoms with van der Waals surface area (Å²) in [7, 11) is 1.70. The Balaban J connectivity index is 1.76. The van der Waals surface area contributed by atoms with Crippen LogP contribution in [0, 0.1) is 6.92 Å². The van der Waals surface area contributed by atoms with Crippen molar-refractivity contribution in [2.24, 2.45) is 0 Å². The average Bonchev–Trinajstić information content (AvgIpc) is 3.10. The van der Waals surface area contributed by atoms with Gasteiger partial charge in [0, 0.05) is 32.2 Å². The number of likely N-dealkylation sites (tertiary alicyclic amines) is 1. The number of fused-ring (bicyclic) bond motifs is 1. The Labute approximate surface area is 193 Å². The molecule has 1 atom stereocenters. The van der Waals surface area contributed by atoms with Crippen LogP contribution in [0.5, 0.6) is 11.6 Å². The van der Waals surface area contributed by atoms with Gasteiger partial charge in [-0.3, -0.25) is 4.79 Å². The van der Waals surface area contributed by atoms with Crippen molar-refractivity contribution >= 4 is 16.9 Å². The molecule has 3 heterocycles. The van der Waals surface area contributed by atoms with Crippen molar-refractivity contribution in [2.45, 2.75) is 38.9 Å². The maximum Gasteiger partial charge on any atom is 0.416 e. The quantitative estimate of drug-likeness (QED) is 0.420. The molecule has 1 aliphatic heterocycles. The average molecular weight is 478 g/mol. The van der Waals surface area contributed by atoms with E-state index < -0.39 is 11.7 Å². The zero-order chi connectivity index (χ0) is 24.6. The van der Waals surface area contributed by atoms with E-state index in [-0.39, 0.29) is 36.0 Å². The highest BCUT2D eigenvalue weighted by Gasteiger charge is 2.33. The topological polar surface area (TPSA) is 89.7 Å². The molecule has 1 aliphatic rings. The first-order chi connectivity index (χ1) is 16.1. The molecule has 0 unspecified atom stereocenters. The van der Waals surface area contributed by atoms with Gasteiger partial charge in [-0.15, -0.1) is 5.10 Å². The number of halogens is 3. The fourth-order valence-corrected chi connectivity index (χ4v) is 4.10. The minimum absolute atomic E-state index is 0.0105. The van der Waals surface area contributed by atoms with Crippen molar-refractivity contribution in [1.29, 1.82) is 0 Å². The number of rotatable bonds is 6. The third-order valence-corrected chi connectivity index (χ3v) is 5.87. The zero-order valence-corrected chi connectivity index (χ0v) is 19.0. The molecular weight excluding hydrogens is 453 g/mol. The number of carbonyl (C=O) groups excluding carboxylic acids is 1. The number of likely N-dealkylation sites (N-methyl/N-ethyl adjacent to an activating group) is 1. The highest BCUT2D eigenvalue weighted by Crippen LogP contribution is 2.40. The van der Waals surface area contributed by atoms with Crippen LogP contribution >= 0.6 is 0 Å². The first-order valence-corrected chi connectivity index (χ1v) is 10.8. The number of aryl methyl sites for hydroxylation is 1. The molecule has 4 rings (SSSR count). The molecule has 34 heavy (non-hydrogen) atoms. The van der Waals surface area contributed by atoms with Crippen molar-refractivity contribution in [3.05, 3.63) is 35.4 Å². The molecule has 1 aromatic carbocycles. The summed E-state index contributed by atoms with van der Waals surface area (Å²) in [5.74, 6) is -0.0484. The Morgan fingerprint density at radius 1 is 1.26 bits per heavy atom.